The van der Waals surface area contributed by atoms with Gasteiger partial charge >= 0.3 is 5.69 Å². The van der Waals surface area contributed by atoms with Crippen LogP contribution >= 0.6 is 0 Å². The molecule has 12 heteroatoms. The molecule has 5 rings (SSSR count). The molecule has 4 N–H and O–H groups in total. The largest absolute Gasteiger partial charge is 0.493 e. The molecule has 158 valence electrons. The molecule has 4 aromatic rings. The summed E-state index contributed by atoms with van der Waals surface area (Å²) in [5.74, 6) is -1.57. The number of aromatic hydroxyl groups is 1. The Hall–Kier alpha value is -4.09. The number of hydrogen-bond donors (Lipinski definition) is 4. The SMILES string of the molecule is O=c1[nH]c(O)c(C=c2cnn3c(=NC4CC4)nc(NCc4c(F)cccc4F)nc23)[nH]1. The maximum atomic E-state index is 13.9. The number of nitrogens with one attached hydrogen (secondary N) is 3. The van der Waals surface area contributed by atoms with Gasteiger partial charge in [-0.25, -0.2) is 18.6 Å². The number of hydrogen-bond acceptors (Lipinski definition) is 7. The molecule has 1 aliphatic rings. The van der Waals surface area contributed by atoms with Crippen LogP contribution in [0.4, 0.5) is 14.7 Å². The van der Waals surface area contributed by atoms with E-state index in [0.29, 0.717) is 10.9 Å². The number of halogens is 2. The Labute approximate surface area is 172 Å². The molecular weight excluding hydrogens is 410 g/mol. The van der Waals surface area contributed by atoms with Crippen molar-refractivity contribution < 1.29 is 13.9 Å². The Morgan fingerprint density at radius 1 is 1.26 bits per heavy atom. The van der Waals surface area contributed by atoms with Gasteiger partial charge in [0.1, 0.15) is 17.3 Å². The Morgan fingerprint density at radius 3 is 2.71 bits per heavy atom. The second-order valence-corrected chi connectivity index (χ2v) is 7.08. The lowest BCUT2D eigenvalue weighted by atomic mass is 10.2. The van der Waals surface area contributed by atoms with Crippen molar-refractivity contribution in [3.05, 3.63) is 68.6 Å². The highest BCUT2D eigenvalue weighted by atomic mass is 19.1. The van der Waals surface area contributed by atoms with Crippen molar-refractivity contribution in [2.24, 2.45) is 4.99 Å². The first-order valence-electron chi connectivity index (χ1n) is 9.47. The highest BCUT2D eigenvalue weighted by Gasteiger charge is 2.21. The van der Waals surface area contributed by atoms with Gasteiger partial charge in [-0.2, -0.15) is 19.6 Å². The third-order valence-electron chi connectivity index (χ3n) is 4.74. The zero-order chi connectivity index (χ0) is 21.5. The van der Waals surface area contributed by atoms with Crippen LogP contribution in [0.15, 0.2) is 34.2 Å². The molecule has 0 saturated heterocycles. The molecular formula is C19H16F2N8O2. The highest BCUT2D eigenvalue weighted by molar-refractivity contribution is 5.57. The first kappa shape index (κ1) is 18.9. The minimum Gasteiger partial charge on any atom is -0.493 e. The minimum absolute atomic E-state index is 0.108. The second-order valence-electron chi connectivity index (χ2n) is 7.08. The third kappa shape index (κ3) is 3.74. The molecule has 0 unspecified atom stereocenters. The first-order chi connectivity index (χ1) is 15.0. The average molecular weight is 426 g/mol. The zero-order valence-electron chi connectivity index (χ0n) is 15.9. The Balaban J connectivity index is 1.60. The lowest BCUT2D eigenvalue weighted by Crippen LogP contribution is -2.25. The van der Waals surface area contributed by atoms with Crippen molar-refractivity contribution in [2.75, 3.05) is 5.32 Å². The van der Waals surface area contributed by atoms with Crippen molar-refractivity contribution >= 4 is 17.7 Å². The molecule has 1 aromatic carbocycles. The molecule has 3 heterocycles. The monoisotopic (exact) mass is 426 g/mol. The van der Waals surface area contributed by atoms with Crippen molar-refractivity contribution in [2.45, 2.75) is 25.4 Å². The van der Waals surface area contributed by atoms with Gasteiger partial charge < -0.3 is 15.4 Å². The molecule has 0 aliphatic heterocycles. The fourth-order valence-corrected chi connectivity index (χ4v) is 3.03. The molecule has 1 fully saturated rings. The maximum absolute atomic E-state index is 13.9. The second kappa shape index (κ2) is 7.31. The topological polar surface area (TPSA) is 136 Å². The summed E-state index contributed by atoms with van der Waals surface area (Å²) in [6, 6.07) is 3.77. The summed E-state index contributed by atoms with van der Waals surface area (Å²) in [5.41, 5.74) is 0.0836. The van der Waals surface area contributed by atoms with E-state index in [2.05, 4.69) is 35.3 Å². The maximum Gasteiger partial charge on any atom is 0.326 e. The van der Waals surface area contributed by atoms with Crippen LogP contribution in [0.5, 0.6) is 5.88 Å². The molecule has 0 bridgehead atoms. The minimum atomic E-state index is -0.679. The summed E-state index contributed by atoms with van der Waals surface area (Å²) in [6.07, 6.45) is 4.85. The Morgan fingerprint density at radius 2 is 2.03 bits per heavy atom. The normalized spacial score (nSPS) is 15.2. The van der Waals surface area contributed by atoms with E-state index in [1.807, 2.05) is 0 Å². The molecule has 0 amide bonds. The summed E-state index contributed by atoms with van der Waals surface area (Å²) in [6.45, 7) is -0.170. The Bertz CT molecular complexity index is 1450. The van der Waals surface area contributed by atoms with Crippen molar-refractivity contribution in [3.63, 3.8) is 0 Å². The number of nitrogens with zero attached hydrogens (tertiary/aromatic N) is 5. The van der Waals surface area contributed by atoms with Gasteiger partial charge in [-0.3, -0.25) is 4.98 Å². The van der Waals surface area contributed by atoms with Crippen molar-refractivity contribution in [1.82, 2.24) is 29.5 Å². The van der Waals surface area contributed by atoms with Crippen LogP contribution in [-0.2, 0) is 6.54 Å². The van der Waals surface area contributed by atoms with E-state index in [4.69, 9.17) is 0 Å². The van der Waals surface area contributed by atoms with E-state index in [-0.39, 0.29) is 41.3 Å². The van der Waals surface area contributed by atoms with E-state index in [9.17, 15) is 18.7 Å². The van der Waals surface area contributed by atoms with Gasteiger partial charge in [0.2, 0.25) is 11.8 Å². The van der Waals surface area contributed by atoms with Gasteiger partial charge in [-0.15, -0.1) is 0 Å². The number of fused-ring (bicyclic) bond motifs is 1. The van der Waals surface area contributed by atoms with Gasteiger partial charge in [0.05, 0.1) is 12.2 Å². The predicted molar refractivity (Wildman–Crippen MR) is 105 cm³/mol. The van der Waals surface area contributed by atoms with E-state index in [0.717, 1.165) is 12.8 Å². The van der Waals surface area contributed by atoms with Crippen LogP contribution in [0, 0.1) is 11.6 Å². The van der Waals surface area contributed by atoms with Crippen LogP contribution in [0.1, 0.15) is 24.1 Å². The van der Waals surface area contributed by atoms with Gasteiger partial charge in [0, 0.05) is 17.3 Å². The van der Waals surface area contributed by atoms with Crippen LogP contribution in [0.25, 0.3) is 11.7 Å². The van der Waals surface area contributed by atoms with Gasteiger partial charge in [0.25, 0.3) is 5.62 Å². The molecule has 0 radical (unpaired) electrons. The van der Waals surface area contributed by atoms with Crippen LogP contribution < -0.4 is 21.8 Å². The molecule has 10 nitrogen and oxygen atoms in total. The zero-order valence-corrected chi connectivity index (χ0v) is 15.9. The number of H-pyrrole nitrogens is 2. The number of imidazole rings is 1. The van der Waals surface area contributed by atoms with Crippen LogP contribution in [0.3, 0.4) is 0 Å². The van der Waals surface area contributed by atoms with Gasteiger partial charge in [-0.1, -0.05) is 6.07 Å². The summed E-state index contributed by atoms with van der Waals surface area (Å²) >= 11 is 0. The third-order valence-corrected chi connectivity index (χ3v) is 4.74. The molecule has 31 heavy (non-hydrogen) atoms. The smallest absolute Gasteiger partial charge is 0.326 e. The summed E-state index contributed by atoms with van der Waals surface area (Å²) in [7, 11) is 0. The average Bonchev–Trinajstić information content (AvgIpc) is 3.36. The van der Waals surface area contributed by atoms with E-state index in [1.54, 1.807) is 0 Å². The van der Waals surface area contributed by atoms with Gasteiger partial charge in [-0.05, 0) is 31.1 Å². The lowest BCUT2D eigenvalue weighted by Gasteiger charge is -2.07. The molecule has 3 aromatic heterocycles. The summed E-state index contributed by atoms with van der Waals surface area (Å²) in [4.78, 5) is 29.3. The van der Waals surface area contributed by atoms with E-state index in [1.165, 1.54) is 35.0 Å². The summed E-state index contributed by atoms with van der Waals surface area (Å²) in [5, 5.41) is 17.4. The lowest BCUT2D eigenvalue weighted by molar-refractivity contribution is 0.454. The first-order valence-corrected chi connectivity index (χ1v) is 9.47. The van der Waals surface area contributed by atoms with E-state index < -0.39 is 17.3 Å². The fraction of sp³-hybridized carbons (Fsp3) is 0.211. The highest BCUT2D eigenvalue weighted by Crippen LogP contribution is 2.22. The number of benzene rings is 1. The number of aromatic amines is 2. The molecule has 1 aliphatic carbocycles. The number of rotatable bonds is 5. The van der Waals surface area contributed by atoms with Crippen LogP contribution in [-0.4, -0.2) is 40.7 Å². The van der Waals surface area contributed by atoms with Crippen molar-refractivity contribution in [3.8, 4) is 5.88 Å². The van der Waals surface area contributed by atoms with Crippen molar-refractivity contribution in [1.29, 1.82) is 0 Å². The van der Waals surface area contributed by atoms with E-state index >= 15 is 0 Å². The summed E-state index contributed by atoms with van der Waals surface area (Å²) < 4.78 is 29.3. The van der Waals surface area contributed by atoms with Gasteiger partial charge in [0.15, 0.2) is 5.65 Å². The quantitative estimate of drug-likeness (QED) is 0.364. The predicted octanol–water partition coefficient (Wildman–Crippen LogP) is 0.347. The molecule has 1 saturated carbocycles. The molecule has 0 spiro atoms. The number of anilines is 1. The fourth-order valence-electron chi connectivity index (χ4n) is 3.03. The van der Waals surface area contributed by atoms with Crippen LogP contribution in [0.2, 0.25) is 0 Å². The number of aromatic nitrogens is 6. The standard InChI is InChI=1S/C19H16F2N8O2/c20-12-2-1-3-13(21)11(12)8-22-17-26-15-9(6-14-16(30)27-19(31)25-14)7-23-29(15)18(28-17)24-10-4-5-10/h1-3,6-7,10,30H,4-5,8H2,(H,22,24,28)(H2,25,27,31). The Kier molecular flexibility index (Phi) is 4.46. The molecule has 0 atom stereocenters.